The van der Waals surface area contributed by atoms with Crippen molar-refractivity contribution in [3.63, 3.8) is 0 Å². The van der Waals surface area contributed by atoms with Crippen LogP contribution in [0.1, 0.15) is 45.4 Å². The molecule has 0 bridgehead atoms. The van der Waals surface area contributed by atoms with Crippen molar-refractivity contribution in [3.8, 4) is 0 Å². The SMILES string of the molecule is CCOC(=O)N1CCC(NC(N)=NCC2(Sc3ccccc3)CCCC2)CC1.I. The quantitative estimate of drug-likeness (QED) is 0.326. The van der Waals surface area contributed by atoms with Gasteiger partial charge in [-0.05, 0) is 44.7 Å². The molecule has 6 nitrogen and oxygen atoms in total. The normalized spacial score (nSPS) is 19.5. The van der Waals surface area contributed by atoms with Gasteiger partial charge in [0, 0.05) is 28.8 Å². The van der Waals surface area contributed by atoms with E-state index in [1.165, 1.54) is 30.6 Å². The number of hydrogen-bond donors (Lipinski definition) is 2. The van der Waals surface area contributed by atoms with E-state index in [1.807, 2.05) is 18.7 Å². The molecule has 3 N–H and O–H groups in total. The zero-order valence-electron chi connectivity index (χ0n) is 17.1. The second kappa shape index (κ2) is 11.9. The maximum Gasteiger partial charge on any atom is 0.409 e. The maximum absolute atomic E-state index is 11.8. The van der Waals surface area contributed by atoms with Crippen LogP contribution in [-0.4, -0.2) is 54.0 Å². The van der Waals surface area contributed by atoms with Gasteiger partial charge in [-0.2, -0.15) is 0 Å². The number of amides is 1. The Morgan fingerprint density at radius 1 is 1.28 bits per heavy atom. The van der Waals surface area contributed by atoms with Crippen LogP contribution < -0.4 is 11.1 Å². The second-order valence-corrected chi connectivity index (χ2v) is 9.15. The average Bonchev–Trinajstić information content (AvgIpc) is 3.17. The number of rotatable bonds is 6. The molecule has 29 heavy (non-hydrogen) atoms. The number of hydrogen-bond acceptors (Lipinski definition) is 4. The molecular weight excluding hydrogens is 499 g/mol. The molecule has 162 valence electrons. The number of aliphatic imine (C=N–C) groups is 1. The second-order valence-electron chi connectivity index (χ2n) is 7.61. The van der Waals surface area contributed by atoms with E-state index in [2.05, 4.69) is 35.6 Å². The van der Waals surface area contributed by atoms with Crippen LogP contribution >= 0.6 is 35.7 Å². The van der Waals surface area contributed by atoms with E-state index in [0.717, 1.165) is 19.4 Å². The predicted octanol–water partition coefficient (Wildman–Crippen LogP) is 4.23. The fourth-order valence-electron chi connectivity index (χ4n) is 3.96. The van der Waals surface area contributed by atoms with Crippen molar-refractivity contribution < 1.29 is 9.53 Å². The van der Waals surface area contributed by atoms with Crippen molar-refractivity contribution >= 4 is 47.8 Å². The molecule has 0 unspecified atom stereocenters. The minimum absolute atomic E-state index is 0. The van der Waals surface area contributed by atoms with Gasteiger partial charge in [0.05, 0.1) is 13.2 Å². The number of nitrogens with two attached hydrogens (primary N) is 1. The fourth-order valence-corrected chi connectivity index (χ4v) is 5.37. The number of ether oxygens (including phenoxy) is 1. The molecule has 0 radical (unpaired) electrons. The monoisotopic (exact) mass is 532 g/mol. The molecule has 1 saturated carbocycles. The summed E-state index contributed by atoms with van der Waals surface area (Å²) in [6.45, 7) is 4.37. The first-order valence-corrected chi connectivity index (χ1v) is 11.1. The minimum Gasteiger partial charge on any atom is -0.450 e. The maximum atomic E-state index is 11.8. The summed E-state index contributed by atoms with van der Waals surface area (Å²) in [7, 11) is 0. The molecule has 1 heterocycles. The van der Waals surface area contributed by atoms with Crippen LogP contribution in [0.2, 0.25) is 0 Å². The van der Waals surface area contributed by atoms with Gasteiger partial charge in [0.1, 0.15) is 0 Å². The van der Waals surface area contributed by atoms with Crippen LogP contribution in [0.4, 0.5) is 4.79 Å². The highest BCUT2D eigenvalue weighted by atomic mass is 127. The first-order chi connectivity index (χ1) is 13.6. The van der Waals surface area contributed by atoms with Gasteiger partial charge in [0.15, 0.2) is 5.96 Å². The Morgan fingerprint density at radius 2 is 1.93 bits per heavy atom. The zero-order chi connectivity index (χ0) is 19.8. The van der Waals surface area contributed by atoms with Crippen molar-refractivity contribution in [3.05, 3.63) is 30.3 Å². The summed E-state index contributed by atoms with van der Waals surface area (Å²) in [5.74, 6) is 0.523. The van der Waals surface area contributed by atoms with Crippen LogP contribution in [0.25, 0.3) is 0 Å². The summed E-state index contributed by atoms with van der Waals surface area (Å²) in [6, 6.07) is 10.8. The molecule has 0 spiro atoms. The van der Waals surface area contributed by atoms with E-state index in [0.29, 0.717) is 25.7 Å². The molecular formula is C21H33IN4O2S. The Bertz CT molecular complexity index is 660. The predicted molar refractivity (Wildman–Crippen MR) is 130 cm³/mol. The molecule has 1 aromatic rings. The molecule has 0 atom stereocenters. The van der Waals surface area contributed by atoms with Gasteiger partial charge >= 0.3 is 6.09 Å². The number of halogens is 1. The number of carbonyl (C=O) groups excluding carboxylic acids is 1. The summed E-state index contributed by atoms with van der Waals surface area (Å²) >= 11 is 1.95. The summed E-state index contributed by atoms with van der Waals surface area (Å²) < 4.78 is 5.22. The topological polar surface area (TPSA) is 80.0 Å². The standard InChI is InChI=1S/C21H32N4O2S.HI/c1-2-27-20(26)25-14-10-17(11-15-25)24-19(22)23-16-21(12-6-7-13-21)28-18-8-4-3-5-9-18;/h3-5,8-9,17H,2,6-7,10-16H2,1H3,(H3,22,23,24);1H. The third-order valence-electron chi connectivity index (χ3n) is 5.50. The van der Waals surface area contributed by atoms with Gasteiger partial charge in [0.2, 0.25) is 0 Å². The highest BCUT2D eigenvalue weighted by Crippen LogP contribution is 2.45. The molecule has 1 saturated heterocycles. The molecule has 1 aliphatic carbocycles. The molecule has 8 heteroatoms. The van der Waals surface area contributed by atoms with Crippen LogP contribution in [0.15, 0.2) is 40.2 Å². The third kappa shape index (κ3) is 7.24. The van der Waals surface area contributed by atoms with Gasteiger partial charge < -0.3 is 20.7 Å². The van der Waals surface area contributed by atoms with Crippen LogP contribution in [0, 0.1) is 0 Å². The molecule has 1 aliphatic heterocycles. The Hall–Kier alpha value is -1.16. The molecule has 1 aromatic carbocycles. The van der Waals surface area contributed by atoms with Gasteiger partial charge in [-0.3, -0.25) is 4.99 Å². The van der Waals surface area contributed by atoms with Crippen LogP contribution in [-0.2, 0) is 4.74 Å². The number of guanidine groups is 1. The molecule has 1 amide bonds. The fraction of sp³-hybridized carbons (Fsp3) is 0.619. The van der Waals surface area contributed by atoms with Crippen molar-refractivity contribution in [2.24, 2.45) is 10.7 Å². The van der Waals surface area contributed by atoms with Gasteiger partial charge in [-0.1, -0.05) is 31.0 Å². The van der Waals surface area contributed by atoms with Gasteiger partial charge in [-0.15, -0.1) is 35.7 Å². The van der Waals surface area contributed by atoms with E-state index in [-0.39, 0.29) is 40.9 Å². The summed E-state index contributed by atoms with van der Waals surface area (Å²) in [5, 5.41) is 3.36. The number of thioether (sulfide) groups is 1. The van der Waals surface area contributed by atoms with E-state index >= 15 is 0 Å². The lowest BCUT2D eigenvalue weighted by Crippen LogP contribution is -2.48. The lowest BCUT2D eigenvalue weighted by atomic mass is 10.1. The number of carbonyl (C=O) groups is 1. The Balaban J connectivity index is 0.00000300. The molecule has 2 fully saturated rings. The van der Waals surface area contributed by atoms with E-state index in [1.54, 1.807) is 4.90 Å². The lowest BCUT2D eigenvalue weighted by molar-refractivity contribution is 0.0963. The highest BCUT2D eigenvalue weighted by Gasteiger charge is 2.35. The molecule has 0 aromatic heterocycles. The Morgan fingerprint density at radius 3 is 2.55 bits per heavy atom. The number of nitrogens with zero attached hydrogens (tertiary/aromatic N) is 2. The summed E-state index contributed by atoms with van der Waals surface area (Å²) in [5.41, 5.74) is 6.20. The smallest absolute Gasteiger partial charge is 0.409 e. The van der Waals surface area contributed by atoms with Crippen molar-refractivity contribution in [1.29, 1.82) is 0 Å². The lowest BCUT2D eigenvalue weighted by Gasteiger charge is -2.32. The largest absolute Gasteiger partial charge is 0.450 e. The van der Waals surface area contributed by atoms with Crippen LogP contribution in [0.5, 0.6) is 0 Å². The summed E-state index contributed by atoms with van der Waals surface area (Å²) in [4.78, 5) is 19.6. The first-order valence-electron chi connectivity index (χ1n) is 10.3. The Labute approximate surface area is 195 Å². The van der Waals surface area contributed by atoms with Gasteiger partial charge in [-0.25, -0.2) is 4.79 Å². The first kappa shape index (κ1) is 24.1. The molecule has 3 rings (SSSR count). The Kier molecular flexibility index (Phi) is 9.88. The van der Waals surface area contributed by atoms with E-state index < -0.39 is 0 Å². The number of nitrogens with one attached hydrogen (secondary N) is 1. The minimum atomic E-state index is -0.219. The zero-order valence-corrected chi connectivity index (χ0v) is 20.3. The van der Waals surface area contributed by atoms with Gasteiger partial charge in [0.25, 0.3) is 0 Å². The highest BCUT2D eigenvalue weighted by molar-refractivity contribution is 14.0. The number of piperidine rings is 1. The summed E-state index contributed by atoms with van der Waals surface area (Å²) in [6.07, 6.45) is 6.38. The average molecular weight is 532 g/mol. The van der Waals surface area contributed by atoms with Crippen molar-refractivity contribution in [2.75, 3.05) is 26.2 Å². The van der Waals surface area contributed by atoms with Crippen molar-refractivity contribution in [1.82, 2.24) is 10.2 Å². The van der Waals surface area contributed by atoms with E-state index in [9.17, 15) is 4.79 Å². The molecule has 2 aliphatic rings. The van der Waals surface area contributed by atoms with Crippen molar-refractivity contribution in [2.45, 2.75) is 61.1 Å². The van der Waals surface area contributed by atoms with Crippen LogP contribution in [0.3, 0.4) is 0 Å². The van der Waals surface area contributed by atoms with E-state index in [4.69, 9.17) is 15.5 Å². The number of likely N-dealkylation sites (tertiary alicyclic amines) is 1. The number of benzene rings is 1. The third-order valence-corrected chi connectivity index (χ3v) is 6.98.